The summed E-state index contributed by atoms with van der Waals surface area (Å²) in [6.07, 6.45) is -4.68. The van der Waals surface area contributed by atoms with Gasteiger partial charge in [0.25, 0.3) is 5.56 Å². The van der Waals surface area contributed by atoms with Crippen molar-refractivity contribution in [2.75, 3.05) is 11.9 Å². The Labute approximate surface area is 232 Å². The minimum Gasteiger partial charge on any atom is -0.394 e. The number of nitrogens with zero attached hydrogens (tertiary/aromatic N) is 2. The molecule has 14 heteroatoms. The van der Waals surface area contributed by atoms with Crippen molar-refractivity contribution in [1.29, 1.82) is 0 Å². The van der Waals surface area contributed by atoms with E-state index >= 15 is 0 Å². The van der Waals surface area contributed by atoms with E-state index in [1.807, 2.05) is 30.3 Å². The van der Waals surface area contributed by atoms with Gasteiger partial charge in [0.15, 0.2) is 5.96 Å². The molecule has 1 saturated heterocycles. The molecule has 0 saturated carbocycles. The summed E-state index contributed by atoms with van der Waals surface area (Å²) >= 11 is 5.75. The Morgan fingerprint density at radius 3 is 2.62 bits per heavy atom. The molecule has 0 aliphatic carbocycles. The van der Waals surface area contributed by atoms with Gasteiger partial charge in [-0.3, -0.25) is 14.3 Å². The van der Waals surface area contributed by atoms with Gasteiger partial charge in [0.1, 0.15) is 12.3 Å². The number of alkyl halides is 3. The smallest absolute Gasteiger partial charge is 0.394 e. The number of nitrogens with one attached hydrogen (secondary N) is 3. The van der Waals surface area contributed by atoms with Crippen molar-refractivity contribution >= 4 is 35.7 Å². The summed E-state index contributed by atoms with van der Waals surface area (Å²) in [6, 6.07) is 12.0. The maximum absolute atomic E-state index is 13.4. The van der Waals surface area contributed by atoms with Gasteiger partial charge in [-0.05, 0) is 30.7 Å². The van der Waals surface area contributed by atoms with Crippen molar-refractivity contribution in [3.8, 4) is 0 Å². The third-order valence-electron chi connectivity index (χ3n) is 5.99. The third kappa shape index (κ3) is 7.41. The number of rotatable bonds is 6. The van der Waals surface area contributed by atoms with Gasteiger partial charge in [0, 0.05) is 23.9 Å². The van der Waals surface area contributed by atoms with Gasteiger partial charge < -0.3 is 20.5 Å². The summed E-state index contributed by atoms with van der Waals surface area (Å²) in [5.74, 6) is 0.127. The maximum atomic E-state index is 13.4. The summed E-state index contributed by atoms with van der Waals surface area (Å²) in [7, 11) is 0. The summed E-state index contributed by atoms with van der Waals surface area (Å²) in [5, 5.41) is 15.5. The fourth-order valence-electron chi connectivity index (χ4n) is 4.03. The van der Waals surface area contributed by atoms with Crippen LogP contribution in [-0.2, 0) is 17.5 Å². The van der Waals surface area contributed by atoms with Crippen molar-refractivity contribution in [3.63, 3.8) is 0 Å². The molecule has 1 aromatic heterocycles. The first-order valence-corrected chi connectivity index (χ1v) is 12.0. The minimum absolute atomic E-state index is 0. The van der Waals surface area contributed by atoms with Gasteiger partial charge in [-0.25, -0.2) is 9.79 Å². The van der Waals surface area contributed by atoms with E-state index in [-0.39, 0.29) is 37.0 Å². The average molecular weight is 588 g/mol. The van der Waals surface area contributed by atoms with Gasteiger partial charge in [-0.2, -0.15) is 13.2 Å². The zero-order valence-electron chi connectivity index (χ0n) is 20.5. The third-order valence-corrected chi connectivity index (χ3v) is 6.32. The van der Waals surface area contributed by atoms with Crippen LogP contribution in [0.4, 0.5) is 18.9 Å². The lowest BCUT2D eigenvalue weighted by Crippen LogP contribution is -2.45. The topological polar surface area (TPSA) is 121 Å². The number of hydrogen-bond donors (Lipinski definition) is 4. The Bertz CT molecular complexity index is 1430. The van der Waals surface area contributed by atoms with E-state index in [0.717, 1.165) is 17.7 Å². The highest BCUT2D eigenvalue weighted by atomic mass is 35.5. The lowest BCUT2D eigenvalue weighted by Gasteiger charge is -2.21. The van der Waals surface area contributed by atoms with Crippen molar-refractivity contribution in [2.24, 2.45) is 4.99 Å². The van der Waals surface area contributed by atoms with E-state index < -0.39 is 53.0 Å². The van der Waals surface area contributed by atoms with E-state index in [4.69, 9.17) is 16.3 Å². The van der Waals surface area contributed by atoms with Gasteiger partial charge in [0.2, 0.25) is 0 Å². The Morgan fingerprint density at radius 2 is 1.95 bits per heavy atom. The Kier molecular flexibility index (Phi) is 9.83. The molecule has 0 amide bonds. The first-order chi connectivity index (χ1) is 18.0. The predicted molar refractivity (Wildman–Crippen MR) is 144 cm³/mol. The number of aliphatic hydroxyl groups is 1. The monoisotopic (exact) mass is 587 g/mol. The molecule has 210 valence electrons. The molecule has 0 unspecified atom stereocenters. The average Bonchev–Trinajstić information content (AvgIpc) is 3.28. The molecule has 1 fully saturated rings. The first kappa shape index (κ1) is 30.2. The molecule has 9 nitrogen and oxygen atoms in total. The highest BCUT2D eigenvalue weighted by molar-refractivity contribution is 6.31. The molecule has 1 aliphatic rings. The van der Waals surface area contributed by atoms with Gasteiger partial charge in [-0.1, -0.05) is 41.9 Å². The Balaban J connectivity index is 0.00000420. The second-order valence-corrected chi connectivity index (χ2v) is 9.15. The number of halogens is 5. The van der Waals surface area contributed by atoms with Crippen LogP contribution in [0.5, 0.6) is 0 Å². The number of anilines is 1. The molecule has 3 aromatic rings. The van der Waals surface area contributed by atoms with E-state index in [1.54, 1.807) is 6.92 Å². The van der Waals surface area contributed by atoms with Crippen LogP contribution in [-0.4, -0.2) is 39.4 Å². The predicted octanol–water partition coefficient (Wildman–Crippen LogP) is 3.85. The summed E-state index contributed by atoms with van der Waals surface area (Å²) in [5.41, 5.74) is -0.935. The van der Waals surface area contributed by atoms with Crippen molar-refractivity contribution < 1.29 is 23.0 Å². The quantitative estimate of drug-likeness (QED) is 0.257. The van der Waals surface area contributed by atoms with Crippen LogP contribution >= 0.6 is 24.0 Å². The maximum Gasteiger partial charge on any atom is 0.417 e. The molecule has 0 radical (unpaired) electrons. The molecule has 2 heterocycles. The Hall–Kier alpha value is -3.32. The van der Waals surface area contributed by atoms with Crippen LogP contribution in [0, 0.1) is 6.92 Å². The number of aromatic nitrogens is 2. The first-order valence-electron chi connectivity index (χ1n) is 11.6. The van der Waals surface area contributed by atoms with Crippen LogP contribution in [0.1, 0.15) is 29.3 Å². The zero-order valence-corrected chi connectivity index (χ0v) is 22.1. The molecular weight excluding hydrogens is 562 g/mol. The normalized spacial score (nSPS) is 19.4. The molecule has 39 heavy (non-hydrogen) atoms. The zero-order chi connectivity index (χ0) is 27.4. The number of H-pyrrole nitrogens is 1. The van der Waals surface area contributed by atoms with E-state index in [9.17, 15) is 27.9 Å². The number of aliphatic hydroxyl groups excluding tert-OH is 1. The number of aliphatic imine (C=N–C) groups is 1. The Morgan fingerprint density at radius 1 is 1.23 bits per heavy atom. The molecule has 3 atom stereocenters. The lowest BCUT2D eigenvalue weighted by atomic mass is 10.1. The summed E-state index contributed by atoms with van der Waals surface area (Å²) < 4.78 is 47.3. The van der Waals surface area contributed by atoms with Crippen LogP contribution < -0.4 is 21.9 Å². The lowest BCUT2D eigenvalue weighted by molar-refractivity contribution is -0.137. The SMILES string of the molecule is Cc1cn([C@H]2C[C@H](NC(=NCc3ccccc3)Nc3ccc(Cl)c(C(F)(F)F)c3)[C@@H](CO)O2)c(=O)[nH]c1=O.Cl. The summed E-state index contributed by atoms with van der Waals surface area (Å²) in [4.78, 5) is 30.8. The number of aryl methyl sites for hydroxylation is 1. The number of ether oxygens (including phenoxy) is 1. The van der Waals surface area contributed by atoms with Crippen LogP contribution in [0.3, 0.4) is 0 Å². The van der Waals surface area contributed by atoms with Crippen molar-refractivity contribution in [3.05, 3.63) is 97.3 Å². The fourth-order valence-corrected chi connectivity index (χ4v) is 4.25. The number of benzene rings is 2. The molecule has 1 aliphatic heterocycles. The second-order valence-electron chi connectivity index (χ2n) is 8.74. The largest absolute Gasteiger partial charge is 0.417 e. The minimum atomic E-state index is -4.65. The van der Waals surface area contributed by atoms with Crippen molar-refractivity contribution in [2.45, 2.75) is 44.4 Å². The van der Waals surface area contributed by atoms with Crippen LogP contribution in [0.25, 0.3) is 0 Å². The molecule has 2 aromatic carbocycles. The van der Waals surface area contributed by atoms with Gasteiger partial charge >= 0.3 is 11.9 Å². The molecule has 0 spiro atoms. The van der Waals surface area contributed by atoms with E-state index in [0.29, 0.717) is 5.56 Å². The number of aromatic amines is 1. The van der Waals surface area contributed by atoms with Crippen LogP contribution in [0.2, 0.25) is 5.02 Å². The standard InChI is InChI=1S/C25H25ClF3N5O4.ClH/c1-14-12-34(24(37)33-22(14)36)21-10-19(20(13-35)38-21)32-23(30-11-15-5-3-2-4-6-15)31-16-7-8-18(26)17(9-16)25(27,28)29;/h2-9,12,19-21,35H,10-11,13H2,1H3,(H2,30,31,32)(H,33,36,37);1H/t19-,20+,21+;/m0./s1. The fraction of sp³-hybridized carbons (Fsp3) is 0.320. The van der Waals surface area contributed by atoms with E-state index in [2.05, 4.69) is 20.6 Å². The molecule has 0 bridgehead atoms. The highest BCUT2D eigenvalue weighted by Gasteiger charge is 2.37. The summed E-state index contributed by atoms with van der Waals surface area (Å²) in [6.45, 7) is 1.34. The number of guanidine groups is 1. The second kappa shape index (κ2) is 12.7. The molecule has 4 N–H and O–H groups in total. The molecular formula is C25H26Cl2F3N5O4. The van der Waals surface area contributed by atoms with Gasteiger partial charge in [0.05, 0.1) is 29.8 Å². The molecule has 4 rings (SSSR count). The van der Waals surface area contributed by atoms with Gasteiger partial charge in [-0.15, -0.1) is 12.4 Å². The number of hydrogen-bond acceptors (Lipinski definition) is 5. The highest BCUT2D eigenvalue weighted by Crippen LogP contribution is 2.36. The van der Waals surface area contributed by atoms with E-state index in [1.165, 1.54) is 16.8 Å². The van der Waals surface area contributed by atoms with Crippen LogP contribution in [0.15, 0.2) is 69.3 Å². The van der Waals surface area contributed by atoms with Crippen molar-refractivity contribution in [1.82, 2.24) is 14.9 Å².